The molecule has 1 rings (SSSR count). The van der Waals surface area contributed by atoms with E-state index in [1.165, 1.54) is 0 Å². The lowest BCUT2D eigenvalue weighted by Gasteiger charge is -2.32. The molecular formula is C10H18N2O. The molecule has 0 aliphatic carbocycles. The van der Waals surface area contributed by atoms with Crippen LogP contribution in [0, 0.1) is 11.3 Å². The molecule has 1 saturated heterocycles. The first-order chi connectivity index (χ1) is 6.38. The van der Waals surface area contributed by atoms with Crippen molar-refractivity contribution in [2.45, 2.75) is 32.2 Å². The molecule has 0 saturated carbocycles. The zero-order valence-corrected chi connectivity index (χ0v) is 8.33. The maximum absolute atomic E-state index is 8.67. The summed E-state index contributed by atoms with van der Waals surface area (Å²) in [5, 5.41) is 8.67. The Morgan fingerprint density at radius 3 is 2.69 bits per heavy atom. The van der Waals surface area contributed by atoms with Crippen molar-refractivity contribution in [1.82, 2.24) is 4.90 Å². The largest absolute Gasteiger partial charge is 0.381 e. The van der Waals surface area contributed by atoms with Crippen LogP contribution >= 0.6 is 0 Å². The summed E-state index contributed by atoms with van der Waals surface area (Å²) in [6.45, 7) is 5.48. The predicted molar refractivity (Wildman–Crippen MR) is 51.3 cm³/mol. The molecule has 74 valence electrons. The summed E-state index contributed by atoms with van der Waals surface area (Å²) in [5.74, 6) is 0. The van der Waals surface area contributed by atoms with Gasteiger partial charge in [0.2, 0.25) is 0 Å². The molecule has 0 N–H and O–H groups in total. The Morgan fingerprint density at radius 1 is 1.46 bits per heavy atom. The second kappa shape index (κ2) is 5.95. The molecule has 13 heavy (non-hydrogen) atoms. The number of rotatable bonds is 4. The molecule has 0 aromatic rings. The summed E-state index contributed by atoms with van der Waals surface area (Å²) in [7, 11) is 0. The van der Waals surface area contributed by atoms with Crippen molar-refractivity contribution in [3.63, 3.8) is 0 Å². The summed E-state index contributed by atoms with van der Waals surface area (Å²) in [6, 6.07) is 2.81. The molecule has 1 aliphatic heterocycles. The van der Waals surface area contributed by atoms with Gasteiger partial charge in [-0.15, -0.1) is 0 Å². The molecule has 0 aromatic carbocycles. The van der Waals surface area contributed by atoms with E-state index in [0.29, 0.717) is 12.6 Å². The Morgan fingerprint density at radius 2 is 2.15 bits per heavy atom. The van der Waals surface area contributed by atoms with E-state index >= 15 is 0 Å². The molecule has 0 atom stereocenters. The van der Waals surface area contributed by atoms with Gasteiger partial charge in [0.05, 0.1) is 12.6 Å². The molecule has 0 bridgehead atoms. The standard InChI is InChI=1S/C10H18N2O/c1-2-6-12(7-5-11)10-3-8-13-9-4-10/h10H,2-4,6-9H2,1H3. The van der Waals surface area contributed by atoms with Crippen molar-refractivity contribution < 1.29 is 4.74 Å². The zero-order chi connectivity index (χ0) is 9.52. The Bertz CT molecular complexity index is 170. The maximum atomic E-state index is 8.67. The van der Waals surface area contributed by atoms with E-state index in [4.69, 9.17) is 10.00 Å². The first-order valence-corrected chi connectivity index (χ1v) is 5.07. The van der Waals surface area contributed by atoms with Crippen molar-refractivity contribution in [1.29, 1.82) is 5.26 Å². The van der Waals surface area contributed by atoms with Gasteiger partial charge in [0, 0.05) is 19.3 Å². The summed E-state index contributed by atoms with van der Waals surface area (Å²) < 4.78 is 5.30. The Balaban J connectivity index is 2.37. The van der Waals surface area contributed by atoms with Crippen molar-refractivity contribution >= 4 is 0 Å². The lowest BCUT2D eigenvalue weighted by atomic mass is 10.1. The SMILES string of the molecule is CCCN(CC#N)C1CCOCC1. The highest BCUT2D eigenvalue weighted by Gasteiger charge is 2.19. The van der Waals surface area contributed by atoms with Gasteiger partial charge in [0.1, 0.15) is 0 Å². The fourth-order valence-electron chi connectivity index (χ4n) is 1.82. The van der Waals surface area contributed by atoms with Gasteiger partial charge in [-0.1, -0.05) is 6.92 Å². The van der Waals surface area contributed by atoms with Crippen LogP contribution < -0.4 is 0 Å². The average Bonchev–Trinajstić information content (AvgIpc) is 2.19. The van der Waals surface area contributed by atoms with Crippen LogP contribution in [0.2, 0.25) is 0 Å². The van der Waals surface area contributed by atoms with Gasteiger partial charge < -0.3 is 4.74 Å². The lowest BCUT2D eigenvalue weighted by Crippen LogP contribution is -2.40. The molecule has 0 aromatic heterocycles. The van der Waals surface area contributed by atoms with Crippen LogP contribution in [0.3, 0.4) is 0 Å². The minimum Gasteiger partial charge on any atom is -0.381 e. The highest BCUT2D eigenvalue weighted by atomic mass is 16.5. The summed E-state index contributed by atoms with van der Waals surface area (Å²) in [6.07, 6.45) is 3.29. The van der Waals surface area contributed by atoms with E-state index in [9.17, 15) is 0 Å². The molecule has 1 fully saturated rings. The van der Waals surface area contributed by atoms with Crippen LogP contribution in [-0.2, 0) is 4.74 Å². The lowest BCUT2D eigenvalue weighted by molar-refractivity contribution is 0.0386. The van der Waals surface area contributed by atoms with Gasteiger partial charge in [0.15, 0.2) is 0 Å². The number of hydrogen-bond donors (Lipinski definition) is 0. The maximum Gasteiger partial charge on any atom is 0.0868 e. The second-order valence-corrected chi connectivity index (χ2v) is 3.47. The molecule has 0 amide bonds. The van der Waals surface area contributed by atoms with Crippen LogP contribution in [-0.4, -0.2) is 37.2 Å². The van der Waals surface area contributed by atoms with Crippen molar-refractivity contribution in [2.75, 3.05) is 26.3 Å². The van der Waals surface area contributed by atoms with E-state index in [0.717, 1.165) is 39.0 Å². The van der Waals surface area contributed by atoms with Gasteiger partial charge in [-0.3, -0.25) is 4.90 Å². The molecule has 3 heteroatoms. The van der Waals surface area contributed by atoms with Crippen molar-refractivity contribution in [2.24, 2.45) is 0 Å². The quantitative estimate of drug-likeness (QED) is 0.617. The van der Waals surface area contributed by atoms with Gasteiger partial charge in [-0.25, -0.2) is 0 Å². The monoisotopic (exact) mass is 182 g/mol. The average molecular weight is 182 g/mol. The predicted octanol–water partition coefficient (Wildman–Crippen LogP) is 1.40. The van der Waals surface area contributed by atoms with E-state index in [1.54, 1.807) is 0 Å². The van der Waals surface area contributed by atoms with Gasteiger partial charge in [-0.05, 0) is 25.8 Å². The van der Waals surface area contributed by atoms with E-state index in [2.05, 4.69) is 17.9 Å². The van der Waals surface area contributed by atoms with E-state index in [-0.39, 0.29) is 0 Å². The third kappa shape index (κ3) is 3.33. The van der Waals surface area contributed by atoms with Crippen molar-refractivity contribution in [3.05, 3.63) is 0 Å². The minimum atomic E-state index is 0.568. The van der Waals surface area contributed by atoms with Crippen LogP contribution in [0.25, 0.3) is 0 Å². The fraction of sp³-hybridized carbons (Fsp3) is 0.900. The Labute approximate surface area is 80.3 Å². The Hall–Kier alpha value is -0.590. The van der Waals surface area contributed by atoms with Crippen molar-refractivity contribution in [3.8, 4) is 6.07 Å². The number of hydrogen-bond acceptors (Lipinski definition) is 3. The smallest absolute Gasteiger partial charge is 0.0868 e. The highest BCUT2D eigenvalue weighted by molar-refractivity contribution is 4.82. The van der Waals surface area contributed by atoms with Crippen LogP contribution in [0.1, 0.15) is 26.2 Å². The molecule has 1 heterocycles. The Kier molecular flexibility index (Phi) is 4.81. The van der Waals surface area contributed by atoms with Gasteiger partial charge in [-0.2, -0.15) is 5.26 Å². The second-order valence-electron chi connectivity index (χ2n) is 3.47. The summed E-state index contributed by atoms with van der Waals surface area (Å²) >= 11 is 0. The zero-order valence-electron chi connectivity index (χ0n) is 8.33. The third-order valence-electron chi connectivity index (χ3n) is 2.49. The molecule has 1 aliphatic rings. The summed E-state index contributed by atoms with van der Waals surface area (Å²) in [4.78, 5) is 2.28. The molecule has 0 radical (unpaired) electrons. The minimum absolute atomic E-state index is 0.568. The molecule has 0 spiro atoms. The highest BCUT2D eigenvalue weighted by Crippen LogP contribution is 2.14. The van der Waals surface area contributed by atoms with Crippen LogP contribution in [0.4, 0.5) is 0 Å². The van der Waals surface area contributed by atoms with E-state index < -0.39 is 0 Å². The number of ether oxygens (including phenoxy) is 1. The molecule has 0 unspecified atom stereocenters. The first-order valence-electron chi connectivity index (χ1n) is 5.07. The van der Waals surface area contributed by atoms with Gasteiger partial charge in [0.25, 0.3) is 0 Å². The van der Waals surface area contributed by atoms with Gasteiger partial charge >= 0.3 is 0 Å². The fourth-order valence-corrected chi connectivity index (χ4v) is 1.82. The molecule has 3 nitrogen and oxygen atoms in total. The van der Waals surface area contributed by atoms with Crippen LogP contribution in [0.15, 0.2) is 0 Å². The topological polar surface area (TPSA) is 36.3 Å². The number of nitriles is 1. The van der Waals surface area contributed by atoms with Crippen LogP contribution in [0.5, 0.6) is 0 Å². The third-order valence-corrected chi connectivity index (χ3v) is 2.49. The first kappa shape index (κ1) is 10.5. The molecular weight excluding hydrogens is 164 g/mol. The normalized spacial score (nSPS) is 18.8. The number of nitrogens with zero attached hydrogens (tertiary/aromatic N) is 2. The summed E-state index contributed by atoms with van der Waals surface area (Å²) in [5.41, 5.74) is 0. The van der Waals surface area contributed by atoms with E-state index in [1.807, 2.05) is 0 Å².